The molecule has 1 aromatic carbocycles. The fourth-order valence-corrected chi connectivity index (χ4v) is 3.90. The van der Waals surface area contributed by atoms with Crippen LogP contribution in [-0.4, -0.2) is 51.1 Å². The van der Waals surface area contributed by atoms with Crippen molar-refractivity contribution in [1.29, 1.82) is 0 Å². The quantitative estimate of drug-likeness (QED) is 0.659. The van der Waals surface area contributed by atoms with E-state index in [0.29, 0.717) is 44.6 Å². The van der Waals surface area contributed by atoms with Crippen molar-refractivity contribution >= 4 is 17.8 Å². The van der Waals surface area contributed by atoms with Gasteiger partial charge in [0.1, 0.15) is 0 Å². The van der Waals surface area contributed by atoms with Gasteiger partial charge in [-0.3, -0.25) is 14.4 Å². The number of fused-ring (bicyclic) bond motifs is 1. The number of benzene rings is 1. The van der Waals surface area contributed by atoms with E-state index in [-0.39, 0.29) is 36.9 Å². The number of amides is 2. The van der Waals surface area contributed by atoms with E-state index in [2.05, 4.69) is 38.3 Å². The average molecular weight is 471 g/mol. The van der Waals surface area contributed by atoms with Gasteiger partial charge in [-0.1, -0.05) is 43.2 Å². The lowest BCUT2D eigenvalue weighted by molar-refractivity contribution is -0.148. The third kappa shape index (κ3) is 8.92. The Balaban J connectivity index is 1.65. The van der Waals surface area contributed by atoms with Gasteiger partial charge >= 0.3 is 5.97 Å². The van der Waals surface area contributed by atoms with Gasteiger partial charge in [0.2, 0.25) is 5.91 Å². The molecule has 3 rings (SSSR count). The van der Waals surface area contributed by atoms with Crippen LogP contribution in [0.3, 0.4) is 0 Å². The fraction of sp³-hybridized carbons (Fsp3) is 0.583. The predicted molar refractivity (Wildman–Crippen MR) is 124 cm³/mol. The maximum Gasteiger partial charge on any atom is 0.306 e. The van der Waals surface area contributed by atoms with Crippen molar-refractivity contribution in [1.82, 2.24) is 30.8 Å². The van der Waals surface area contributed by atoms with Gasteiger partial charge in [-0.2, -0.15) is 0 Å². The molecule has 10 nitrogen and oxygen atoms in total. The van der Waals surface area contributed by atoms with Gasteiger partial charge in [0.15, 0.2) is 12.4 Å². The largest absolute Gasteiger partial charge is 0.456 e. The van der Waals surface area contributed by atoms with E-state index in [1.807, 2.05) is 18.2 Å². The van der Waals surface area contributed by atoms with Crippen LogP contribution in [0.25, 0.3) is 0 Å². The van der Waals surface area contributed by atoms with Crippen molar-refractivity contribution in [3.8, 4) is 0 Å². The molecule has 10 heteroatoms. The molecule has 1 atom stereocenters. The van der Waals surface area contributed by atoms with Crippen molar-refractivity contribution < 1.29 is 19.1 Å². The van der Waals surface area contributed by atoms with Crippen LogP contribution in [-0.2, 0) is 32.1 Å². The first kappa shape index (κ1) is 25.3. The lowest BCUT2D eigenvalue weighted by atomic mass is 10.0. The molecule has 0 radical (unpaired) electrons. The van der Waals surface area contributed by atoms with Gasteiger partial charge in [-0.25, -0.2) is 4.68 Å². The molecule has 0 saturated carbocycles. The van der Waals surface area contributed by atoms with Crippen molar-refractivity contribution in [2.75, 3.05) is 13.2 Å². The summed E-state index contributed by atoms with van der Waals surface area (Å²) in [6.45, 7) is 0.837. The first-order chi connectivity index (χ1) is 16.6. The highest BCUT2D eigenvalue weighted by Crippen LogP contribution is 2.18. The van der Waals surface area contributed by atoms with Crippen LogP contribution in [0.4, 0.5) is 0 Å². The molecule has 1 unspecified atom stereocenters. The Morgan fingerprint density at radius 3 is 2.59 bits per heavy atom. The normalized spacial score (nSPS) is 19.9. The second kappa shape index (κ2) is 14.1. The Morgan fingerprint density at radius 1 is 0.941 bits per heavy atom. The molecule has 0 fully saturated rings. The minimum atomic E-state index is -0.364. The zero-order valence-electron chi connectivity index (χ0n) is 19.6. The zero-order valence-corrected chi connectivity index (χ0v) is 19.6. The minimum absolute atomic E-state index is 0.0297. The van der Waals surface area contributed by atoms with Crippen LogP contribution in [0.1, 0.15) is 75.2 Å². The summed E-state index contributed by atoms with van der Waals surface area (Å²) in [4.78, 5) is 36.3. The molecule has 0 aliphatic carbocycles. The Morgan fingerprint density at radius 2 is 1.74 bits per heavy atom. The first-order valence-corrected chi connectivity index (χ1v) is 12.1. The number of nitrogens with one attached hydrogen (secondary N) is 2. The lowest BCUT2D eigenvalue weighted by Gasteiger charge is -2.18. The molecule has 0 bridgehead atoms. The second-order valence-corrected chi connectivity index (χ2v) is 8.54. The number of carbonyl (C=O) groups excluding carboxylic acids is 3. The van der Waals surface area contributed by atoms with Crippen molar-refractivity contribution in [2.24, 2.45) is 0 Å². The highest BCUT2D eigenvalue weighted by atomic mass is 16.5. The van der Waals surface area contributed by atoms with Crippen molar-refractivity contribution in [3.05, 3.63) is 41.7 Å². The number of tetrazole rings is 1. The van der Waals surface area contributed by atoms with Crippen molar-refractivity contribution in [3.63, 3.8) is 0 Å². The van der Waals surface area contributed by atoms with Crippen LogP contribution >= 0.6 is 0 Å². The van der Waals surface area contributed by atoms with Gasteiger partial charge in [-0.15, -0.1) is 5.10 Å². The van der Waals surface area contributed by atoms with E-state index in [1.165, 1.54) is 5.56 Å². The molecule has 2 amide bonds. The number of cyclic esters (lactones) is 1. The minimum Gasteiger partial charge on any atom is -0.456 e. The van der Waals surface area contributed by atoms with Crippen molar-refractivity contribution in [2.45, 2.75) is 76.8 Å². The summed E-state index contributed by atoms with van der Waals surface area (Å²) in [5.74, 6) is -0.0388. The van der Waals surface area contributed by atoms with Gasteiger partial charge in [-0.05, 0) is 54.5 Å². The summed E-state index contributed by atoms with van der Waals surface area (Å²) in [6, 6.07) is 9.84. The van der Waals surface area contributed by atoms with E-state index in [0.717, 1.165) is 32.1 Å². The van der Waals surface area contributed by atoms with Crippen LogP contribution < -0.4 is 10.6 Å². The first-order valence-electron chi connectivity index (χ1n) is 12.1. The van der Waals surface area contributed by atoms with Crippen LogP contribution in [0.15, 0.2) is 30.3 Å². The molecule has 34 heavy (non-hydrogen) atoms. The van der Waals surface area contributed by atoms with Gasteiger partial charge in [0.25, 0.3) is 5.91 Å². The topological polar surface area (TPSA) is 128 Å². The summed E-state index contributed by atoms with van der Waals surface area (Å²) in [5, 5.41) is 18.1. The maximum absolute atomic E-state index is 12.7. The molecular weight excluding hydrogens is 436 g/mol. The van der Waals surface area contributed by atoms with Gasteiger partial charge < -0.3 is 15.4 Å². The number of nitrogens with zero attached hydrogens (tertiary/aromatic N) is 4. The summed E-state index contributed by atoms with van der Waals surface area (Å²) >= 11 is 0. The smallest absolute Gasteiger partial charge is 0.306 e. The van der Waals surface area contributed by atoms with Crippen LogP contribution in [0.2, 0.25) is 0 Å². The number of hydrogen-bond donors (Lipinski definition) is 2. The number of hydrogen-bond acceptors (Lipinski definition) is 7. The monoisotopic (exact) mass is 470 g/mol. The van der Waals surface area contributed by atoms with E-state index >= 15 is 0 Å². The molecule has 2 N–H and O–H groups in total. The third-order valence-electron chi connectivity index (χ3n) is 5.79. The summed E-state index contributed by atoms with van der Waals surface area (Å²) in [6.07, 6.45) is 6.66. The molecule has 2 aromatic rings. The zero-order chi connectivity index (χ0) is 24.0. The molecule has 2 heterocycles. The highest BCUT2D eigenvalue weighted by molar-refractivity contribution is 5.80. The molecule has 0 spiro atoms. The van der Waals surface area contributed by atoms with Gasteiger partial charge in [0, 0.05) is 25.9 Å². The molecule has 184 valence electrons. The van der Waals surface area contributed by atoms with Gasteiger partial charge in [0.05, 0.1) is 6.04 Å². The number of esters is 1. The SMILES string of the molecule is O=C1COC(=O)CCCCCn2nnnc2C(CCc2ccccc2)NC(=O)CCCCCN1. The van der Waals surface area contributed by atoms with E-state index < -0.39 is 0 Å². The third-order valence-corrected chi connectivity index (χ3v) is 5.79. The second-order valence-electron chi connectivity index (χ2n) is 8.54. The molecule has 1 aromatic heterocycles. The Hall–Kier alpha value is -3.30. The van der Waals surface area contributed by atoms with E-state index in [1.54, 1.807) is 4.68 Å². The Bertz CT molecular complexity index is 917. The summed E-state index contributed by atoms with van der Waals surface area (Å²) < 4.78 is 6.78. The van der Waals surface area contributed by atoms with Crippen LogP contribution in [0.5, 0.6) is 0 Å². The van der Waals surface area contributed by atoms with E-state index in [4.69, 9.17) is 4.74 Å². The Labute approximate surface area is 199 Å². The van der Waals surface area contributed by atoms with E-state index in [9.17, 15) is 14.4 Å². The van der Waals surface area contributed by atoms with Crippen LogP contribution in [0, 0.1) is 0 Å². The standard InChI is InChI=1S/C24H34N6O4/c31-21-12-6-2-8-16-25-22(32)18-34-23(33)13-7-3-9-17-30-24(27-28-29-30)20(26-21)15-14-19-10-4-1-5-11-19/h1,4-5,10-11,20H,2-3,6-9,12-18H2,(H,25,32)(H,26,31). The molecule has 0 saturated heterocycles. The number of aryl methyl sites for hydroxylation is 2. The molecule has 1 aliphatic heterocycles. The summed E-state index contributed by atoms with van der Waals surface area (Å²) in [7, 11) is 0. The molecular formula is C24H34N6O4. The lowest BCUT2D eigenvalue weighted by Crippen LogP contribution is -2.31. The fourth-order valence-electron chi connectivity index (χ4n) is 3.90. The summed E-state index contributed by atoms with van der Waals surface area (Å²) in [5.41, 5.74) is 1.19. The Kier molecular flexibility index (Phi) is 10.5. The number of ether oxygens (including phenoxy) is 1. The number of rotatable bonds is 3. The average Bonchev–Trinajstić information content (AvgIpc) is 3.31. The maximum atomic E-state index is 12.7. The predicted octanol–water partition coefficient (Wildman–Crippen LogP) is 2.26. The molecule has 1 aliphatic rings. The number of carbonyl (C=O) groups is 3. The highest BCUT2D eigenvalue weighted by Gasteiger charge is 2.21. The number of aromatic nitrogens is 4.